The minimum Gasteiger partial charge on any atom is -0.577 e. The maximum atomic E-state index is 10.1. The van der Waals surface area contributed by atoms with Gasteiger partial charge in [0.25, 0.3) is 0 Å². The molecule has 0 radical (unpaired) electrons. The fourth-order valence-corrected chi connectivity index (χ4v) is 15.7. The number of benzene rings is 13. The van der Waals surface area contributed by atoms with Gasteiger partial charge >= 0.3 is 30.3 Å². The number of hydrogen-bond acceptors (Lipinski definition) is 12. The largest absolute Gasteiger partial charge is 1.20 e. The van der Waals surface area contributed by atoms with E-state index in [4.69, 9.17) is 37.8 Å². The van der Waals surface area contributed by atoms with Crippen molar-refractivity contribution in [2.75, 3.05) is 6.61 Å². The van der Waals surface area contributed by atoms with Crippen LogP contribution in [-0.4, -0.2) is 85.5 Å². The Hall–Kier alpha value is -11.0. The van der Waals surface area contributed by atoms with Crippen molar-refractivity contribution in [3.05, 3.63) is 314 Å². The van der Waals surface area contributed by atoms with Crippen LogP contribution in [-0.2, 0) is 11.4 Å². The molecule has 0 fully saturated rings. The van der Waals surface area contributed by atoms with E-state index in [1.165, 1.54) is 43.8 Å². The van der Waals surface area contributed by atoms with Gasteiger partial charge in [-0.05, 0) is 195 Å². The normalized spacial score (nSPS) is 11.0. The summed E-state index contributed by atoms with van der Waals surface area (Å²) in [5.41, 5.74) is 14.3. The van der Waals surface area contributed by atoms with Gasteiger partial charge in [0.05, 0.1) is 5.75 Å². The van der Waals surface area contributed by atoms with Crippen LogP contribution in [0.2, 0.25) is 0 Å². The molecule has 14 heteroatoms. The van der Waals surface area contributed by atoms with Gasteiger partial charge in [-0.3, -0.25) is 0 Å². The summed E-state index contributed by atoms with van der Waals surface area (Å²) in [6.45, 7) is 19.8. The lowest BCUT2D eigenvalue weighted by molar-refractivity contribution is 0.0335. The van der Waals surface area contributed by atoms with Gasteiger partial charge in [0.2, 0.25) is 0 Å². The predicted molar refractivity (Wildman–Crippen MR) is 442 cm³/mol. The van der Waals surface area contributed by atoms with Crippen LogP contribution in [0.5, 0.6) is 28.7 Å². The van der Waals surface area contributed by atoms with E-state index in [2.05, 4.69) is 181 Å². The van der Waals surface area contributed by atoms with E-state index < -0.39 is 30.3 Å². The molecule has 0 saturated heterocycles. The lowest BCUT2D eigenvalue weighted by atomic mass is 9.94. The van der Waals surface area contributed by atoms with E-state index in [0.29, 0.717) is 28.5 Å². The molecule has 0 saturated carbocycles. The summed E-state index contributed by atoms with van der Waals surface area (Å²) >= 11 is -4.91. The molecule has 0 aliphatic carbocycles. The first kappa shape index (κ1) is 75.7. The monoisotopic (exact) mass is 1440 g/mol. The van der Waals surface area contributed by atoms with Crippen molar-refractivity contribution in [1.29, 1.82) is 0 Å². The van der Waals surface area contributed by atoms with Crippen molar-refractivity contribution in [1.82, 2.24) is 15.0 Å². The minimum atomic E-state index is -3.00. The van der Waals surface area contributed by atoms with Gasteiger partial charge in [0, 0.05) is 68.9 Å². The predicted octanol–water partition coefficient (Wildman–Crippen LogP) is 23.1. The maximum absolute atomic E-state index is 10.1. The third-order valence-corrected chi connectivity index (χ3v) is 21.3. The van der Waals surface area contributed by atoms with E-state index in [-0.39, 0.29) is 30.7 Å². The Bertz CT molecular complexity index is 5580. The average Bonchev–Trinajstić information content (AvgIpc) is 0.793. The Morgan fingerprint density at radius 2 is 0.598 bits per heavy atom. The fraction of sp³-hybridized carbons (Fsp3) is 0.151. The number of aromatic hydroxyl groups is 2. The zero-order chi connectivity index (χ0) is 74.9. The number of fused-ring (bicyclic) bond motifs is 7. The summed E-state index contributed by atoms with van der Waals surface area (Å²) in [5, 5.41) is 39.1. The molecule has 12 nitrogen and oxygen atoms in total. The van der Waals surface area contributed by atoms with Crippen LogP contribution in [0.3, 0.4) is 0 Å². The van der Waals surface area contributed by atoms with E-state index >= 15 is 0 Å². The van der Waals surface area contributed by atoms with Gasteiger partial charge in [-0.1, -0.05) is 249 Å². The van der Waals surface area contributed by atoms with Crippen molar-refractivity contribution >= 4 is 106 Å². The SMILES string of the molecule is CC(C)[O][Al]([O]C(C)C)[O]C(C)C.CCO.Cc1ccc2cccc(O)c2n1.Cc1ccc2cccc([O][Al]([O]c3ccc(-c4ccc(-c5cccc6ccccc56)cc4)c4ccccc34)[O]c3cccc4ccc(C)nc34)c2n1.Oc1ccc(-c2ccc(-c3cccc4ccccc34)cc2)c2ccccc12. The van der Waals surface area contributed by atoms with Gasteiger partial charge < -0.3 is 38.1 Å². The standard InChI is InChI=1S/2C26H18O.3C10H9NO.3C3H7O.C2H6O.2Al/c2*27-26-17-16-23(24-9-3-4-10-25(24)26)20-14-12-19(13-15-20)22-11-5-7-18-6-1-2-8-21(18)22;3*1-7-5-6-8-3-2-4-9(12)10(8)11-7;3*1-3(2)4;1-2-3;;/h2*1-17,27H;3*2-6,12H,1H3;3*3H,1-2H3;3H,2H2,1H3;;/q;;;;;3*-1;;2*+3/p-3. The topological polar surface area (TPSA) is 155 Å². The summed E-state index contributed by atoms with van der Waals surface area (Å²) in [6, 6.07) is 101. The van der Waals surface area contributed by atoms with Gasteiger partial charge in [-0.25, -0.2) is 15.0 Å². The van der Waals surface area contributed by atoms with Crippen LogP contribution in [0.25, 0.3) is 120 Å². The lowest BCUT2D eigenvalue weighted by Gasteiger charge is -2.20. The molecule has 534 valence electrons. The van der Waals surface area contributed by atoms with Crippen molar-refractivity contribution < 1.29 is 38.1 Å². The van der Waals surface area contributed by atoms with E-state index in [0.717, 1.165) is 88.1 Å². The maximum Gasteiger partial charge on any atom is 1.20 e. The molecule has 13 aromatic carbocycles. The van der Waals surface area contributed by atoms with Crippen LogP contribution in [0.4, 0.5) is 0 Å². The molecule has 0 unspecified atom stereocenters. The van der Waals surface area contributed by atoms with Crippen LogP contribution in [0.1, 0.15) is 65.5 Å². The smallest absolute Gasteiger partial charge is 0.577 e. The van der Waals surface area contributed by atoms with Crippen molar-refractivity contribution in [3.63, 3.8) is 0 Å². The molecule has 0 bridgehead atoms. The Balaban J connectivity index is 0.000000160. The number of pyridine rings is 3. The highest BCUT2D eigenvalue weighted by molar-refractivity contribution is 6.40. The Kier molecular flexibility index (Phi) is 25.4. The van der Waals surface area contributed by atoms with E-state index in [9.17, 15) is 10.2 Å². The molecule has 3 N–H and O–H groups in total. The molecule has 0 amide bonds. The van der Waals surface area contributed by atoms with Crippen molar-refractivity contribution in [2.45, 2.75) is 87.5 Å². The lowest BCUT2D eigenvalue weighted by Crippen LogP contribution is -2.37. The molecule has 16 aromatic rings. The highest BCUT2D eigenvalue weighted by atomic mass is 27.3. The van der Waals surface area contributed by atoms with Gasteiger partial charge in [0.15, 0.2) is 0 Å². The molecule has 3 heterocycles. The minimum absolute atomic E-state index is 0.175. The second-order valence-corrected chi connectivity index (χ2v) is 29.4. The number of nitrogens with zero attached hydrogens (tertiary/aromatic N) is 3. The quantitative estimate of drug-likeness (QED) is 0.0789. The first-order valence-electron chi connectivity index (χ1n) is 36.2. The summed E-state index contributed by atoms with van der Waals surface area (Å²) in [4.78, 5) is 13.9. The Labute approximate surface area is 636 Å². The molecular weight excluding hydrogens is 1360 g/mol. The number of aliphatic hydroxyl groups excluding tert-OH is 1. The molecular formula is C93H87Al2N3O9. The molecule has 0 atom stereocenters. The van der Waals surface area contributed by atoms with Gasteiger partial charge in [-0.2, -0.15) is 0 Å². The summed E-state index contributed by atoms with van der Waals surface area (Å²) in [7, 11) is 0. The molecule has 16 rings (SSSR count). The molecule has 0 aliphatic rings. The summed E-state index contributed by atoms with van der Waals surface area (Å²) < 4.78 is 37.0. The van der Waals surface area contributed by atoms with Crippen molar-refractivity contribution in [2.24, 2.45) is 0 Å². The Morgan fingerprint density at radius 1 is 0.280 bits per heavy atom. The zero-order valence-electron chi connectivity index (χ0n) is 62.0. The van der Waals surface area contributed by atoms with Crippen LogP contribution in [0.15, 0.2) is 297 Å². The number of phenolic OH excluding ortho intramolecular Hbond substituents is 2. The fourth-order valence-electron chi connectivity index (χ4n) is 12.8. The number of aliphatic hydroxyl groups is 1. The number of hydrogen-bond donors (Lipinski definition) is 3. The summed E-state index contributed by atoms with van der Waals surface area (Å²) in [5.74, 6) is 2.50. The zero-order valence-corrected chi connectivity index (χ0v) is 64.3. The Morgan fingerprint density at radius 3 is 1.04 bits per heavy atom. The number of aromatic nitrogens is 3. The second-order valence-electron chi connectivity index (χ2n) is 26.7. The molecule has 0 spiro atoms. The second kappa shape index (κ2) is 35.9. The van der Waals surface area contributed by atoms with E-state index in [1.54, 1.807) is 19.1 Å². The van der Waals surface area contributed by atoms with Gasteiger partial charge in [0.1, 0.15) is 39.5 Å². The van der Waals surface area contributed by atoms with Gasteiger partial charge in [-0.15, -0.1) is 0 Å². The average molecular weight is 1440 g/mol. The first-order valence-corrected chi connectivity index (χ1v) is 39.1. The van der Waals surface area contributed by atoms with Crippen LogP contribution >= 0.6 is 0 Å². The van der Waals surface area contributed by atoms with Crippen molar-refractivity contribution in [3.8, 4) is 73.3 Å². The third kappa shape index (κ3) is 19.0. The number of rotatable bonds is 16. The van der Waals surface area contributed by atoms with Crippen LogP contribution < -0.4 is 11.4 Å². The third-order valence-electron chi connectivity index (χ3n) is 17.7. The van der Waals surface area contributed by atoms with Crippen LogP contribution in [0, 0.1) is 20.8 Å². The van der Waals surface area contributed by atoms with E-state index in [1.807, 2.05) is 172 Å². The molecule has 107 heavy (non-hydrogen) atoms. The highest BCUT2D eigenvalue weighted by Crippen LogP contribution is 2.40. The molecule has 3 aromatic heterocycles. The number of phenols is 2. The molecule has 0 aliphatic heterocycles. The number of aryl methyl sites for hydroxylation is 3. The number of para-hydroxylation sites is 3. The first-order chi connectivity index (χ1) is 52.0. The summed E-state index contributed by atoms with van der Waals surface area (Å²) in [6.07, 6.45) is 0.525. The highest BCUT2D eigenvalue weighted by Gasteiger charge is 2.46.